The first kappa shape index (κ1) is 14.6. The molecule has 1 N–H and O–H groups in total. The van der Waals surface area contributed by atoms with Gasteiger partial charge in [0.05, 0.1) is 17.3 Å². The summed E-state index contributed by atoms with van der Waals surface area (Å²) in [7, 11) is 0. The maximum Gasteiger partial charge on any atom is 0.347 e. The van der Waals surface area contributed by atoms with Gasteiger partial charge in [-0.15, -0.1) is 11.3 Å². The first-order valence-electron chi connectivity index (χ1n) is 7.39. The van der Waals surface area contributed by atoms with E-state index in [1.54, 1.807) is 10.6 Å². The van der Waals surface area contributed by atoms with Gasteiger partial charge in [0.25, 0.3) is 0 Å². The predicted octanol–water partition coefficient (Wildman–Crippen LogP) is 3.31. The number of nitrogens with zero attached hydrogens (tertiary/aromatic N) is 3. The molecular weight excluding hydrogens is 326 g/mol. The van der Waals surface area contributed by atoms with Crippen molar-refractivity contribution in [2.24, 2.45) is 0 Å². The molecule has 0 saturated carbocycles. The average molecular weight is 337 g/mol. The molecule has 0 bridgehead atoms. The van der Waals surface area contributed by atoms with Crippen molar-refractivity contribution in [3.63, 3.8) is 0 Å². The van der Waals surface area contributed by atoms with E-state index in [1.807, 2.05) is 12.1 Å². The van der Waals surface area contributed by atoms with Crippen LogP contribution in [0.2, 0.25) is 0 Å². The van der Waals surface area contributed by atoms with E-state index in [1.165, 1.54) is 6.20 Å². The number of nitriles is 1. The lowest BCUT2D eigenvalue weighted by atomic mass is 10.1. The topological polar surface area (TPSA) is 96.0 Å². The second kappa shape index (κ2) is 5.28. The molecule has 0 spiro atoms. The zero-order valence-electron chi connectivity index (χ0n) is 12.4. The Labute approximate surface area is 140 Å². The molecule has 1 aromatic carbocycles. The Hall–Kier alpha value is -2.98. The fourth-order valence-corrected chi connectivity index (χ4v) is 3.86. The Balaban J connectivity index is 1.95. The molecule has 1 aliphatic rings. The summed E-state index contributed by atoms with van der Waals surface area (Å²) in [5.41, 5.74) is 2.64. The molecular formula is C17H11N3O3S. The third kappa shape index (κ3) is 2.12. The van der Waals surface area contributed by atoms with E-state index in [2.05, 4.69) is 11.1 Å². The van der Waals surface area contributed by atoms with E-state index in [4.69, 9.17) is 5.11 Å². The van der Waals surface area contributed by atoms with Gasteiger partial charge in [-0.1, -0.05) is 0 Å². The molecule has 0 radical (unpaired) electrons. The normalized spacial score (nSPS) is 13.7. The van der Waals surface area contributed by atoms with Crippen molar-refractivity contribution in [1.82, 2.24) is 9.55 Å². The van der Waals surface area contributed by atoms with E-state index in [0.29, 0.717) is 28.1 Å². The summed E-state index contributed by atoms with van der Waals surface area (Å²) < 4.78 is 1.64. The minimum atomic E-state index is -1.02. The van der Waals surface area contributed by atoms with Crippen LogP contribution in [0.25, 0.3) is 21.5 Å². The molecule has 7 heteroatoms. The highest BCUT2D eigenvalue weighted by Gasteiger charge is 2.22. The van der Waals surface area contributed by atoms with Gasteiger partial charge in [0.15, 0.2) is 0 Å². The SMILES string of the molecule is N#Cc1cc(-c2ncc(C(=O)O)s2)cc2cc3n(c12)C(=O)CCC3. The van der Waals surface area contributed by atoms with Crippen molar-refractivity contribution < 1.29 is 14.7 Å². The Bertz CT molecular complexity index is 1060. The van der Waals surface area contributed by atoms with Crippen LogP contribution in [0.1, 0.15) is 38.6 Å². The summed E-state index contributed by atoms with van der Waals surface area (Å²) in [5, 5.41) is 19.9. The zero-order chi connectivity index (χ0) is 16.8. The van der Waals surface area contributed by atoms with Gasteiger partial charge in [-0.3, -0.25) is 9.36 Å². The monoisotopic (exact) mass is 337 g/mol. The number of benzene rings is 1. The number of carboxylic acids is 1. The van der Waals surface area contributed by atoms with Crippen LogP contribution in [0.4, 0.5) is 0 Å². The quantitative estimate of drug-likeness (QED) is 0.774. The summed E-state index contributed by atoms with van der Waals surface area (Å²) >= 11 is 1.06. The van der Waals surface area contributed by atoms with Gasteiger partial charge in [-0.05, 0) is 31.0 Å². The van der Waals surface area contributed by atoms with Gasteiger partial charge < -0.3 is 5.11 Å². The summed E-state index contributed by atoms with van der Waals surface area (Å²) in [6.45, 7) is 0. The minimum absolute atomic E-state index is 0.0120. The Kier molecular flexibility index (Phi) is 3.22. The Morgan fingerprint density at radius 3 is 2.88 bits per heavy atom. The molecule has 0 atom stereocenters. The molecule has 118 valence electrons. The molecule has 1 aliphatic heterocycles. The highest BCUT2D eigenvalue weighted by atomic mass is 32.1. The van der Waals surface area contributed by atoms with Crippen LogP contribution >= 0.6 is 11.3 Å². The van der Waals surface area contributed by atoms with E-state index >= 15 is 0 Å². The van der Waals surface area contributed by atoms with Crippen LogP contribution in [-0.2, 0) is 6.42 Å². The molecule has 6 nitrogen and oxygen atoms in total. The summed E-state index contributed by atoms with van der Waals surface area (Å²) in [6, 6.07) is 7.62. The second-order valence-corrected chi connectivity index (χ2v) is 6.66. The molecule has 3 heterocycles. The fraction of sp³-hybridized carbons (Fsp3) is 0.176. The Morgan fingerprint density at radius 2 is 2.17 bits per heavy atom. The summed E-state index contributed by atoms with van der Waals surface area (Å²) in [4.78, 5) is 27.6. The van der Waals surface area contributed by atoms with E-state index in [9.17, 15) is 14.9 Å². The van der Waals surface area contributed by atoms with Gasteiger partial charge in [-0.25, -0.2) is 9.78 Å². The number of aromatic nitrogens is 2. The van der Waals surface area contributed by atoms with Crippen LogP contribution in [0, 0.1) is 11.3 Å². The number of hydrogen-bond acceptors (Lipinski definition) is 5. The Morgan fingerprint density at radius 1 is 1.33 bits per heavy atom. The van der Waals surface area contributed by atoms with Crippen molar-refractivity contribution in [2.45, 2.75) is 19.3 Å². The first-order valence-corrected chi connectivity index (χ1v) is 8.21. The maximum absolute atomic E-state index is 12.2. The van der Waals surface area contributed by atoms with E-state index < -0.39 is 5.97 Å². The second-order valence-electron chi connectivity index (χ2n) is 5.63. The summed E-state index contributed by atoms with van der Waals surface area (Å²) in [6.07, 6.45) is 3.42. The molecule has 0 aliphatic carbocycles. The average Bonchev–Trinajstić information content (AvgIpc) is 3.19. The van der Waals surface area contributed by atoms with Crippen LogP contribution in [0.5, 0.6) is 0 Å². The lowest BCUT2D eigenvalue weighted by molar-refractivity contribution is 0.0701. The number of aryl methyl sites for hydroxylation is 1. The molecule has 24 heavy (non-hydrogen) atoms. The van der Waals surface area contributed by atoms with Gasteiger partial charge in [0.2, 0.25) is 5.91 Å². The number of aromatic carboxylic acids is 1. The molecule has 0 fully saturated rings. The number of carboxylic acid groups (broad SMARTS) is 1. The highest BCUT2D eigenvalue weighted by Crippen LogP contribution is 2.33. The third-order valence-electron chi connectivity index (χ3n) is 4.13. The number of rotatable bonds is 2. The van der Waals surface area contributed by atoms with Gasteiger partial charge in [0.1, 0.15) is 16.0 Å². The third-order valence-corrected chi connectivity index (χ3v) is 5.16. The molecule has 4 rings (SSSR count). The smallest absolute Gasteiger partial charge is 0.347 e. The largest absolute Gasteiger partial charge is 0.477 e. The van der Waals surface area contributed by atoms with Crippen molar-refractivity contribution in [1.29, 1.82) is 5.26 Å². The van der Waals surface area contributed by atoms with Gasteiger partial charge in [-0.2, -0.15) is 5.26 Å². The number of carbonyl (C=O) groups is 2. The van der Waals surface area contributed by atoms with Crippen molar-refractivity contribution in [3.8, 4) is 16.6 Å². The van der Waals surface area contributed by atoms with Crippen molar-refractivity contribution >= 4 is 34.1 Å². The van der Waals surface area contributed by atoms with Crippen LogP contribution in [0.3, 0.4) is 0 Å². The van der Waals surface area contributed by atoms with Crippen molar-refractivity contribution in [3.05, 3.63) is 40.5 Å². The molecule has 0 saturated heterocycles. The van der Waals surface area contributed by atoms with Gasteiger partial charge in [0, 0.05) is 23.1 Å². The molecule has 0 amide bonds. The predicted molar refractivity (Wildman–Crippen MR) is 88.3 cm³/mol. The number of thiazole rings is 1. The molecule has 3 aromatic rings. The van der Waals surface area contributed by atoms with Crippen LogP contribution < -0.4 is 0 Å². The van der Waals surface area contributed by atoms with Crippen molar-refractivity contribution in [2.75, 3.05) is 0 Å². The maximum atomic E-state index is 12.2. The van der Waals surface area contributed by atoms with E-state index in [-0.39, 0.29) is 10.8 Å². The lowest BCUT2D eigenvalue weighted by Gasteiger charge is -2.14. The summed E-state index contributed by atoms with van der Waals surface area (Å²) in [5.74, 6) is -1.01. The van der Waals surface area contributed by atoms with Gasteiger partial charge >= 0.3 is 5.97 Å². The highest BCUT2D eigenvalue weighted by molar-refractivity contribution is 7.16. The van der Waals surface area contributed by atoms with Crippen LogP contribution in [0.15, 0.2) is 24.4 Å². The number of carbonyl (C=O) groups excluding carboxylic acids is 1. The minimum Gasteiger partial charge on any atom is -0.477 e. The van der Waals surface area contributed by atoms with Crippen LogP contribution in [-0.4, -0.2) is 26.5 Å². The zero-order valence-corrected chi connectivity index (χ0v) is 13.3. The fourth-order valence-electron chi connectivity index (χ4n) is 3.12. The molecule has 2 aromatic heterocycles. The van der Waals surface area contributed by atoms with E-state index in [0.717, 1.165) is 35.3 Å². The molecule has 0 unspecified atom stereocenters. The number of fused-ring (bicyclic) bond motifs is 3. The first-order chi connectivity index (χ1) is 11.6. The number of hydrogen-bond donors (Lipinski definition) is 1. The lowest BCUT2D eigenvalue weighted by Crippen LogP contribution is -2.18. The standard InChI is InChI=1S/C17H11N3O3S/c18-7-11-5-10(16-19-8-13(24-16)17(22)23)4-9-6-12-2-1-3-14(21)20(12)15(9)11/h4-6,8H,1-3H2,(H,22,23).